The molecule has 0 aromatic heterocycles. The Hall–Kier alpha value is -0.780. The van der Waals surface area contributed by atoms with Crippen LogP contribution in [-0.4, -0.2) is 0 Å². The van der Waals surface area contributed by atoms with Crippen molar-refractivity contribution in [3.05, 3.63) is 34.9 Å². The van der Waals surface area contributed by atoms with Crippen molar-refractivity contribution in [2.75, 3.05) is 0 Å². The molecule has 2 aliphatic carbocycles. The summed E-state index contributed by atoms with van der Waals surface area (Å²) in [5.41, 5.74) is 5.45. The van der Waals surface area contributed by atoms with E-state index < -0.39 is 0 Å². The Morgan fingerprint density at radius 1 is 0.933 bits per heavy atom. The minimum absolute atomic E-state index is 0.352. The molecule has 0 amide bonds. The van der Waals surface area contributed by atoms with Gasteiger partial charge in [0.25, 0.3) is 0 Å². The molecule has 1 aromatic rings. The zero-order chi connectivity index (χ0) is 10.8. The first-order chi connectivity index (χ1) is 6.94. The van der Waals surface area contributed by atoms with E-state index in [0.29, 0.717) is 10.8 Å². The maximum absolute atomic E-state index is 2.47. The molecule has 0 atom stereocenters. The first-order valence-electron chi connectivity index (χ1n) is 6.09. The molecule has 0 bridgehead atoms. The third-order valence-corrected chi connectivity index (χ3v) is 5.00. The highest BCUT2D eigenvalue weighted by Crippen LogP contribution is 2.56. The summed E-state index contributed by atoms with van der Waals surface area (Å²) < 4.78 is 0. The van der Waals surface area contributed by atoms with Crippen molar-refractivity contribution in [1.82, 2.24) is 0 Å². The summed E-state index contributed by atoms with van der Waals surface area (Å²) in [7, 11) is 0. The minimum Gasteiger partial charge on any atom is -0.0584 e. The van der Waals surface area contributed by atoms with Crippen LogP contribution in [0.15, 0.2) is 18.2 Å². The zero-order valence-corrected chi connectivity index (χ0v) is 10.2. The Labute approximate surface area is 92.7 Å². The molecular formula is C15H20. The molecule has 0 unspecified atom stereocenters. The van der Waals surface area contributed by atoms with Gasteiger partial charge >= 0.3 is 0 Å². The maximum Gasteiger partial charge on any atom is -0.000890 e. The van der Waals surface area contributed by atoms with Crippen molar-refractivity contribution in [1.29, 1.82) is 0 Å². The van der Waals surface area contributed by atoms with Crippen LogP contribution in [0.3, 0.4) is 0 Å². The Bertz CT molecular complexity index is 420. The number of rotatable bonds is 1. The van der Waals surface area contributed by atoms with Crippen LogP contribution < -0.4 is 0 Å². The monoisotopic (exact) mass is 200 g/mol. The molecule has 15 heavy (non-hydrogen) atoms. The molecule has 0 N–H and O–H groups in total. The van der Waals surface area contributed by atoms with E-state index in [1.807, 2.05) is 0 Å². The van der Waals surface area contributed by atoms with Crippen LogP contribution in [0.4, 0.5) is 0 Å². The summed E-state index contributed by atoms with van der Waals surface area (Å²) >= 11 is 0. The Kier molecular flexibility index (Phi) is 1.56. The van der Waals surface area contributed by atoms with E-state index >= 15 is 0 Å². The number of benzene rings is 1. The van der Waals surface area contributed by atoms with Gasteiger partial charge < -0.3 is 0 Å². The second kappa shape index (κ2) is 2.48. The van der Waals surface area contributed by atoms with Crippen LogP contribution in [-0.2, 0) is 10.8 Å². The van der Waals surface area contributed by atoms with E-state index in [0.717, 1.165) is 5.92 Å². The van der Waals surface area contributed by atoms with Gasteiger partial charge in [-0.2, -0.15) is 0 Å². The molecule has 80 valence electrons. The summed E-state index contributed by atoms with van der Waals surface area (Å²) in [5.74, 6) is 0.884. The topological polar surface area (TPSA) is 0 Å². The van der Waals surface area contributed by atoms with Crippen molar-refractivity contribution < 1.29 is 0 Å². The van der Waals surface area contributed by atoms with Gasteiger partial charge in [-0.25, -0.2) is 0 Å². The van der Waals surface area contributed by atoms with Gasteiger partial charge in [0.2, 0.25) is 0 Å². The predicted molar refractivity (Wildman–Crippen MR) is 64.5 cm³/mol. The second-order valence-corrected chi connectivity index (χ2v) is 6.33. The fourth-order valence-electron chi connectivity index (χ4n) is 2.91. The van der Waals surface area contributed by atoms with Crippen molar-refractivity contribution in [3.63, 3.8) is 0 Å². The lowest BCUT2D eigenvalue weighted by Gasteiger charge is -2.54. The third kappa shape index (κ3) is 1.03. The first-order valence-corrected chi connectivity index (χ1v) is 6.09. The lowest BCUT2D eigenvalue weighted by Crippen LogP contribution is -2.50. The summed E-state index contributed by atoms with van der Waals surface area (Å²) in [5, 5.41) is 0. The lowest BCUT2D eigenvalue weighted by molar-refractivity contribution is 0.242. The van der Waals surface area contributed by atoms with E-state index in [-0.39, 0.29) is 0 Å². The van der Waals surface area contributed by atoms with Gasteiger partial charge in [-0.1, -0.05) is 45.9 Å². The SMILES string of the molecule is CC1(C)c2ccc(C3CC3)cc2C1(C)C. The summed E-state index contributed by atoms with van der Waals surface area (Å²) in [6, 6.07) is 7.19. The normalized spacial score (nSPS) is 25.6. The van der Waals surface area contributed by atoms with E-state index in [1.54, 1.807) is 16.7 Å². The van der Waals surface area contributed by atoms with E-state index in [1.165, 1.54) is 12.8 Å². The van der Waals surface area contributed by atoms with Gasteiger partial charge in [-0.3, -0.25) is 0 Å². The molecule has 3 rings (SSSR count). The standard InChI is InChI=1S/C15H20/c1-14(2)12-8-7-11(10-5-6-10)9-13(12)15(14,3)4/h7-10H,5-6H2,1-4H3. The van der Waals surface area contributed by atoms with Crippen molar-refractivity contribution >= 4 is 0 Å². The Morgan fingerprint density at radius 3 is 2.13 bits per heavy atom. The summed E-state index contributed by atoms with van der Waals surface area (Å²) in [6.45, 7) is 9.50. The smallest absolute Gasteiger partial charge is 0.000890 e. The van der Waals surface area contributed by atoms with Crippen molar-refractivity contribution in [2.45, 2.75) is 57.3 Å². The van der Waals surface area contributed by atoms with Crippen LogP contribution in [0.1, 0.15) is 63.1 Å². The summed E-state index contributed by atoms with van der Waals surface area (Å²) in [6.07, 6.45) is 2.81. The third-order valence-electron chi connectivity index (χ3n) is 5.00. The number of hydrogen-bond donors (Lipinski definition) is 0. The highest BCUT2D eigenvalue weighted by molar-refractivity contribution is 5.54. The highest BCUT2D eigenvalue weighted by Gasteiger charge is 2.51. The molecule has 0 saturated heterocycles. The van der Waals surface area contributed by atoms with Crippen LogP contribution >= 0.6 is 0 Å². The summed E-state index contributed by atoms with van der Waals surface area (Å²) in [4.78, 5) is 0. The highest BCUT2D eigenvalue weighted by atomic mass is 14.5. The zero-order valence-electron chi connectivity index (χ0n) is 10.2. The molecule has 2 aliphatic rings. The Morgan fingerprint density at radius 2 is 1.53 bits per heavy atom. The molecule has 0 aliphatic heterocycles. The lowest BCUT2D eigenvalue weighted by atomic mass is 9.49. The molecule has 0 heteroatoms. The first kappa shape index (κ1) is 9.45. The van der Waals surface area contributed by atoms with E-state index in [9.17, 15) is 0 Å². The maximum atomic E-state index is 2.47. The molecule has 0 nitrogen and oxygen atoms in total. The molecule has 1 saturated carbocycles. The number of fused-ring (bicyclic) bond motifs is 1. The van der Waals surface area contributed by atoms with Crippen LogP contribution in [0.2, 0.25) is 0 Å². The predicted octanol–water partition coefficient (Wildman–Crippen LogP) is 4.13. The molecule has 0 heterocycles. The van der Waals surface area contributed by atoms with Crippen molar-refractivity contribution in [2.24, 2.45) is 0 Å². The minimum atomic E-state index is 0.352. The average molecular weight is 200 g/mol. The van der Waals surface area contributed by atoms with Crippen molar-refractivity contribution in [3.8, 4) is 0 Å². The fourth-order valence-corrected chi connectivity index (χ4v) is 2.91. The van der Waals surface area contributed by atoms with Gasteiger partial charge in [0, 0.05) is 0 Å². The van der Waals surface area contributed by atoms with Gasteiger partial charge in [-0.05, 0) is 46.3 Å². The molecule has 1 fully saturated rings. The van der Waals surface area contributed by atoms with Gasteiger partial charge in [0.15, 0.2) is 0 Å². The van der Waals surface area contributed by atoms with Gasteiger partial charge in [0.1, 0.15) is 0 Å². The van der Waals surface area contributed by atoms with Crippen LogP contribution in [0.5, 0.6) is 0 Å². The number of hydrogen-bond acceptors (Lipinski definition) is 0. The second-order valence-electron chi connectivity index (χ2n) is 6.33. The Balaban J connectivity index is 2.11. The molecule has 0 radical (unpaired) electrons. The molecular weight excluding hydrogens is 180 g/mol. The molecule has 1 aromatic carbocycles. The van der Waals surface area contributed by atoms with E-state index in [2.05, 4.69) is 45.9 Å². The average Bonchev–Trinajstić information content (AvgIpc) is 3.00. The van der Waals surface area contributed by atoms with E-state index in [4.69, 9.17) is 0 Å². The molecule has 0 spiro atoms. The van der Waals surface area contributed by atoms with Crippen LogP contribution in [0, 0.1) is 0 Å². The van der Waals surface area contributed by atoms with Crippen LogP contribution in [0.25, 0.3) is 0 Å². The fraction of sp³-hybridized carbons (Fsp3) is 0.600. The van der Waals surface area contributed by atoms with Gasteiger partial charge in [-0.15, -0.1) is 0 Å². The van der Waals surface area contributed by atoms with Gasteiger partial charge in [0.05, 0.1) is 0 Å². The quantitative estimate of drug-likeness (QED) is 0.639. The largest absolute Gasteiger partial charge is 0.0584 e.